The summed E-state index contributed by atoms with van der Waals surface area (Å²) in [7, 11) is 1.96. The molecular weight excluding hydrogens is 559 g/mol. The molecule has 0 N–H and O–H groups in total. The highest BCUT2D eigenvalue weighted by molar-refractivity contribution is 5.95. The Labute approximate surface area is 263 Å². The van der Waals surface area contributed by atoms with E-state index in [-0.39, 0.29) is 11.3 Å². The van der Waals surface area contributed by atoms with Crippen LogP contribution in [0.3, 0.4) is 0 Å². The number of hydrogen-bond donors (Lipinski definition) is 0. The van der Waals surface area contributed by atoms with Crippen LogP contribution in [0.15, 0.2) is 97.1 Å². The van der Waals surface area contributed by atoms with Crippen molar-refractivity contribution in [3.8, 4) is 39.8 Å². The lowest BCUT2D eigenvalue weighted by atomic mass is 9.84. The monoisotopic (exact) mass is 590 g/mol. The molecule has 0 bridgehead atoms. The number of nitrogens with zero attached hydrogens (tertiary/aromatic N) is 4. The molecule has 0 aromatic heterocycles. The van der Waals surface area contributed by atoms with Crippen molar-refractivity contribution in [3.05, 3.63) is 131 Å². The van der Waals surface area contributed by atoms with E-state index in [2.05, 4.69) is 15.8 Å². The van der Waals surface area contributed by atoms with Gasteiger partial charge in [0.2, 0.25) is 5.69 Å². The second kappa shape index (κ2) is 10.1. The third kappa shape index (κ3) is 4.07. The number of ether oxygens (including phenoxy) is 1. The summed E-state index contributed by atoms with van der Waals surface area (Å²) >= 11 is 0. The van der Waals surface area contributed by atoms with Gasteiger partial charge in [-0.05, 0) is 81.3 Å². The third-order valence-electron chi connectivity index (χ3n) is 9.57. The molecule has 0 spiro atoms. The van der Waals surface area contributed by atoms with Crippen molar-refractivity contribution in [2.45, 2.75) is 38.8 Å². The van der Waals surface area contributed by atoms with Crippen molar-refractivity contribution in [1.29, 1.82) is 5.26 Å². The topological polar surface area (TPSA) is 43.9 Å². The van der Waals surface area contributed by atoms with Gasteiger partial charge in [-0.25, -0.2) is 9.24 Å². The van der Waals surface area contributed by atoms with E-state index in [1.54, 1.807) is 0 Å². The molecule has 6 heteroatoms. The zero-order valence-electron chi connectivity index (χ0n) is 25.8. The zero-order valence-corrected chi connectivity index (χ0v) is 25.8. The molecule has 7 rings (SSSR count). The lowest BCUT2D eigenvalue weighted by molar-refractivity contribution is 0.0719. The second-order valence-electron chi connectivity index (χ2n) is 12.6. The molecule has 45 heavy (non-hydrogen) atoms. The van der Waals surface area contributed by atoms with Gasteiger partial charge < -0.3 is 9.64 Å². The van der Waals surface area contributed by atoms with Gasteiger partial charge in [0, 0.05) is 22.2 Å². The summed E-state index contributed by atoms with van der Waals surface area (Å²) < 4.78 is 23.1. The number of benzene rings is 5. The van der Waals surface area contributed by atoms with Crippen LogP contribution in [0.4, 0.5) is 27.1 Å². The minimum Gasteiger partial charge on any atom is -0.453 e. The Balaban J connectivity index is 1.58. The van der Waals surface area contributed by atoms with E-state index < -0.39 is 16.9 Å². The molecule has 5 aromatic carbocycles. The SMILES string of the molecule is [C-]#[N+]c1c(F)c2c(c(N3c4ccc(-c5ccccc5)cc4Oc4cc(-c5ccccc5)ccc43)c1C#N)C(C)(C)N(C)C2(C)C. The molecule has 5 aromatic rings. The second-order valence-corrected chi connectivity index (χ2v) is 12.6. The Bertz CT molecular complexity index is 2000. The highest BCUT2D eigenvalue weighted by Gasteiger charge is 2.52. The van der Waals surface area contributed by atoms with Crippen LogP contribution in [0, 0.1) is 23.7 Å². The Hall–Kier alpha value is -5.43. The maximum atomic E-state index is 16.4. The van der Waals surface area contributed by atoms with E-state index in [0.29, 0.717) is 39.7 Å². The number of rotatable bonds is 3. The van der Waals surface area contributed by atoms with Crippen LogP contribution in [0.25, 0.3) is 27.1 Å². The standard InChI is InChI=1S/C39H31FN4O/c1-38(2)33-34(39(3,4)43(38)6)37(28(23-41)36(42-5)35(33)40)44-29-19-17-26(24-13-9-7-10-14-24)21-31(29)45-32-22-27(18-20-30(32)44)25-15-11-8-12-16-25/h7-22H,1-4,6H3. The summed E-state index contributed by atoms with van der Waals surface area (Å²) in [6.45, 7) is 16.0. The fourth-order valence-corrected chi connectivity index (χ4v) is 7.00. The van der Waals surface area contributed by atoms with Crippen molar-refractivity contribution in [3.63, 3.8) is 0 Å². The van der Waals surface area contributed by atoms with Gasteiger partial charge in [-0.3, -0.25) is 4.90 Å². The summed E-state index contributed by atoms with van der Waals surface area (Å²) in [6.07, 6.45) is 0. The number of halogens is 1. The van der Waals surface area contributed by atoms with Gasteiger partial charge in [-0.1, -0.05) is 72.8 Å². The molecule has 0 unspecified atom stereocenters. The highest BCUT2D eigenvalue weighted by atomic mass is 19.1. The quantitative estimate of drug-likeness (QED) is 0.192. The number of anilines is 3. The summed E-state index contributed by atoms with van der Waals surface area (Å²) in [5, 5.41) is 10.6. The van der Waals surface area contributed by atoms with Gasteiger partial charge in [-0.2, -0.15) is 5.26 Å². The molecule has 5 nitrogen and oxygen atoms in total. The fraction of sp³-hybridized carbons (Fsp3) is 0.179. The van der Waals surface area contributed by atoms with Crippen LogP contribution in [-0.2, 0) is 11.1 Å². The molecule has 2 heterocycles. The Morgan fingerprint density at radius 3 is 1.69 bits per heavy atom. The summed E-state index contributed by atoms with van der Waals surface area (Å²) in [5.74, 6) is 0.572. The lowest BCUT2D eigenvalue weighted by Gasteiger charge is -2.39. The van der Waals surface area contributed by atoms with E-state index in [1.165, 1.54) is 0 Å². The highest BCUT2D eigenvalue weighted by Crippen LogP contribution is 2.61. The van der Waals surface area contributed by atoms with Crippen molar-refractivity contribution >= 4 is 22.7 Å². The molecule has 0 atom stereocenters. The van der Waals surface area contributed by atoms with Gasteiger partial charge in [0.1, 0.15) is 5.82 Å². The Kier molecular flexibility index (Phi) is 6.34. The van der Waals surface area contributed by atoms with Gasteiger partial charge in [0.15, 0.2) is 11.5 Å². The predicted octanol–water partition coefficient (Wildman–Crippen LogP) is 10.6. The largest absolute Gasteiger partial charge is 0.453 e. The summed E-state index contributed by atoms with van der Waals surface area (Å²) in [5.41, 5.74) is 5.42. The van der Waals surface area contributed by atoms with E-state index in [9.17, 15) is 5.26 Å². The van der Waals surface area contributed by atoms with Crippen LogP contribution < -0.4 is 9.64 Å². The van der Waals surface area contributed by atoms with Gasteiger partial charge >= 0.3 is 0 Å². The van der Waals surface area contributed by atoms with Crippen LogP contribution in [0.1, 0.15) is 44.4 Å². The molecule has 0 saturated carbocycles. The number of hydrogen-bond acceptors (Lipinski definition) is 4. The van der Waals surface area contributed by atoms with E-state index in [1.807, 2.05) is 137 Å². The molecule has 0 amide bonds. The first-order chi connectivity index (χ1) is 21.6. The van der Waals surface area contributed by atoms with Crippen LogP contribution >= 0.6 is 0 Å². The van der Waals surface area contributed by atoms with Crippen molar-refractivity contribution in [2.24, 2.45) is 0 Å². The smallest absolute Gasteiger partial charge is 0.241 e. The van der Waals surface area contributed by atoms with Crippen molar-refractivity contribution < 1.29 is 9.13 Å². The van der Waals surface area contributed by atoms with Crippen molar-refractivity contribution in [1.82, 2.24) is 4.90 Å². The first kappa shape index (κ1) is 28.3. The third-order valence-corrected chi connectivity index (χ3v) is 9.57. The van der Waals surface area contributed by atoms with E-state index >= 15 is 4.39 Å². The summed E-state index contributed by atoms with van der Waals surface area (Å²) in [6, 6.07) is 34.4. The first-order valence-electron chi connectivity index (χ1n) is 14.9. The van der Waals surface area contributed by atoms with Gasteiger partial charge in [-0.15, -0.1) is 0 Å². The number of fused-ring (bicyclic) bond motifs is 3. The van der Waals surface area contributed by atoms with E-state index in [0.717, 1.165) is 22.3 Å². The lowest BCUT2D eigenvalue weighted by Crippen LogP contribution is -2.42. The average Bonchev–Trinajstić information content (AvgIpc) is 3.20. The molecule has 0 saturated heterocycles. The minimum absolute atomic E-state index is 0.0125. The maximum Gasteiger partial charge on any atom is 0.241 e. The molecule has 0 radical (unpaired) electrons. The average molecular weight is 591 g/mol. The Morgan fingerprint density at radius 1 is 0.733 bits per heavy atom. The molecule has 0 aliphatic carbocycles. The van der Waals surface area contributed by atoms with Crippen LogP contribution in [0.2, 0.25) is 0 Å². The van der Waals surface area contributed by atoms with Crippen LogP contribution in [0.5, 0.6) is 11.5 Å². The predicted molar refractivity (Wildman–Crippen MR) is 177 cm³/mol. The molecule has 220 valence electrons. The Morgan fingerprint density at radius 2 is 1.22 bits per heavy atom. The van der Waals surface area contributed by atoms with Crippen molar-refractivity contribution in [2.75, 3.05) is 11.9 Å². The van der Waals surface area contributed by atoms with Gasteiger partial charge in [0.25, 0.3) is 0 Å². The normalized spacial score (nSPS) is 15.7. The van der Waals surface area contributed by atoms with Gasteiger partial charge in [0.05, 0.1) is 35.3 Å². The first-order valence-corrected chi connectivity index (χ1v) is 14.9. The molecule has 0 fully saturated rings. The molecule has 2 aliphatic rings. The van der Waals surface area contributed by atoms with E-state index in [4.69, 9.17) is 11.3 Å². The minimum atomic E-state index is -0.739. The zero-order chi connectivity index (χ0) is 31.7. The maximum absolute atomic E-state index is 16.4. The van der Waals surface area contributed by atoms with Crippen LogP contribution in [-0.4, -0.2) is 11.9 Å². The number of nitriles is 1. The fourth-order valence-electron chi connectivity index (χ4n) is 7.00. The molecular formula is C39H31FN4O. The summed E-state index contributed by atoms with van der Waals surface area (Å²) in [4.78, 5) is 7.72. The molecule has 2 aliphatic heterocycles.